The van der Waals surface area contributed by atoms with E-state index >= 15 is 0 Å². The summed E-state index contributed by atoms with van der Waals surface area (Å²) < 4.78 is 6.56. The number of nitrogens with zero attached hydrogens (tertiary/aromatic N) is 1. The normalized spacial score (nSPS) is 34.3. The van der Waals surface area contributed by atoms with E-state index in [2.05, 4.69) is 69.3 Å². The molecule has 3 rings (SSSR count). The fraction of sp³-hybridized carbons (Fsp3) is 0.727. The van der Waals surface area contributed by atoms with Crippen LogP contribution in [-0.4, -0.2) is 44.2 Å². The zero-order valence-corrected chi connectivity index (χ0v) is 16.7. The molecule has 1 fully saturated rings. The number of ether oxygens (including phenoxy) is 1. The van der Waals surface area contributed by atoms with Crippen LogP contribution in [0.5, 0.6) is 5.75 Å². The molecule has 1 aromatic rings. The molecule has 0 unspecified atom stereocenters. The summed E-state index contributed by atoms with van der Waals surface area (Å²) >= 11 is 0. The van der Waals surface area contributed by atoms with Gasteiger partial charge in [-0.25, -0.2) is 0 Å². The smallest absolute Gasteiger partial charge is 0.123 e. The average Bonchev–Trinajstić information content (AvgIpc) is 2.55. The molecule has 5 atom stereocenters. The molecule has 1 N–H and O–H groups in total. The lowest BCUT2D eigenvalue weighted by molar-refractivity contribution is -0.0887. The van der Waals surface area contributed by atoms with Crippen LogP contribution in [0.3, 0.4) is 0 Å². The first kappa shape index (κ1) is 18.7. The van der Waals surface area contributed by atoms with Crippen molar-refractivity contribution < 1.29 is 4.74 Å². The van der Waals surface area contributed by atoms with Crippen molar-refractivity contribution >= 4 is 0 Å². The highest BCUT2D eigenvalue weighted by molar-refractivity contribution is 5.37. The number of para-hydroxylation sites is 1. The summed E-state index contributed by atoms with van der Waals surface area (Å²) in [6.07, 6.45) is 3.55. The summed E-state index contributed by atoms with van der Waals surface area (Å²) in [5, 5.41) is 3.73. The quantitative estimate of drug-likeness (QED) is 0.794. The van der Waals surface area contributed by atoms with Gasteiger partial charge in [0.25, 0.3) is 0 Å². The molecule has 140 valence electrons. The number of hydrogen-bond donors (Lipinski definition) is 1. The van der Waals surface area contributed by atoms with Gasteiger partial charge in [0, 0.05) is 5.92 Å². The lowest BCUT2D eigenvalue weighted by Crippen LogP contribution is -2.56. The predicted molar refractivity (Wildman–Crippen MR) is 105 cm³/mol. The van der Waals surface area contributed by atoms with Gasteiger partial charge in [-0.2, -0.15) is 0 Å². The Morgan fingerprint density at radius 1 is 1.24 bits per heavy atom. The van der Waals surface area contributed by atoms with E-state index in [0.717, 1.165) is 37.7 Å². The van der Waals surface area contributed by atoms with Crippen LogP contribution in [0.1, 0.15) is 39.2 Å². The molecule has 1 aliphatic carbocycles. The molecule has 3 heteroatoms. The van der Waals surface area contributed by atoms with Gasteiger partial charge in [0.05, 0.1) is 0 Å². The molecule has 0 saturated heterocycles. The second-order valence-corrected chi connectivity index (χ2v) is 8.90. The fourth-order valence-corrected chi connectivity index (χ4v) is 5.27. The Hall–Kier alpha value is -1.06. The molecule has 0 spiro atoms. The Morgan fingerprint density at radius 3 is 2.76 bits per heavy atom. The molecule has 1 aliphatic heterocycles. The Labute approximate surface area is 154 Å². The van der Waals surface area contributed by atoms with E-state index in [1.807, 2.05) is 0 Å². The van der Waals surface area contributed by atoms with E-state index in [-0.39, 0.29) is 5.60 Å². The minimum atomic E-state index is -0.00535. The van der Waals surface area contributed by atoms with Gasteiger partial charge in [-0.05, 0) is 89.3 Å². The molecule has 25 heavy (non-hydrogen) atoms. The lowest BCUT2D eigenvalue weighted by Gasteiger charge is -2.53. The highest BCUT2D eigenvalue weighted by Gasteiger charge is 2.51. The third-order valence-electron chi connectivity index (χ3n) is 6.65. The van der Waals surface area contributed by atoms with Crippen LogP contribution in [-0.2, 0) is 6.42 Å². The first-order valence-electron chi connectivity index (χ1n) is 10.0. The number of hydrogen-bond acceptors (Lipinski definition) is 3. The Kier molecular flexibility index (Phi) is 5.75. The van der Waals surface area contributed by atoms with E-state index in [1.54, 1.807) is 0 Å². The van der Waals surface area contributed by atoms with Crippen molar-refractivity contribution in [2.24, 2.45) is 23.7 Å². The molecule has 2 aliphatic rings. The maximum atomic E-state index is 6.56. The Morgan fingerprint density at radius 2 is 2.00 bits per heavy atom. The summed E-state index contributed by atoms with van der Waals surface area (Å²) in [5.41, 5.74) is 1.39. The number of nitrogens with one attached hydrogen (secondary N) is 1. The van der Waals surface area contributed by atoms with Crippen molar-refractivity contribution in [3.8, 4) is 5.75 Å². The minimum Gasteiger partial charge on any atom is -0.487 e. The molecule has 0 aromatic heterocycles. The van der Waals surface area contributed by atoms with Crippen LogP contribution in [0.2, 0.25) is 0 Å². The molecule has 3 nitrogen and oxygen atoms in total. The zero-order valence-electron chi connectivity index (χ0n) is 16.7. The largest absolute Gasteiger partial charge is 0.487 e. The standard InChI is InChI=1S/C22H36N2O/c1-16-14-22(3)20(13-18-9-6-7-10-21(18)25-22)17(2)19(16)15-23-11-8-12-24(4)5/h6-7,9-10,16-17,19-20,23H,8,11-15H2,1-5H3/t16-,17-,19-,20-,22+/m1/s1. The van der Waals surface area contributed by atoms with Crippen LogP contribution in [0.15, 0.2) is 24.3 Å². The number of rotatable bonds is 6. The van der Waals surface area contributed by atoms with Crippen molar-refractivity contribution in [3.63, 3.8) is 0 Å². The SMILES string of the molecule is C[C@@H]1[C@H](CNCCCN(C)C)[C@H](C)C[C@]2(C)Oc3ccccc3C[C@H]12. The third-order valence-corrected chi connectivity index (χ3v) is 6.65. The van der Waals surface area contributed by atoms with Gasteiger partial charge in [0.1, 0.15) is 11.4 Å². The van der Waals surface area contributed by atoms with Crippen LogP contribution < -0.4 is 10.1 Å². The van der Waals surface area contributed by atoms with Crippen LogP contribution >= 0.6 is 0 Å². The van der Waals surface area contributed by atoms with E-state index in [9.17, 15) is 0 Å². The number of fused-ring (bicyclic) bond motifs is 2. The highest BCUT2D eigenvalue weighted by atomic mass is 16.5. The summed E-state index contributed by atoms with van der Waals surface area (Å²) in [4.78, 5) is 2.26. The second-order valence-electron chi connectivity index (χ2n) is 8.90. The maximum absolute atomic E-state index is 6.56. The summed E-state index contributed by atoms with van der Waals surface area (Å²) in [7, 11) is 4.29. The third kappa shape index (κ3) is 4.03. The van der Waals surface area contributed by atoms with Crippen molar-refractivity contribution in [3.05, 3.63) is 29.8 Å². The molecule has 0 bridgehead atoms. The van der Waals surface area contributed by atoms with Gasteiger partial charge in [0.15, 0.2) is 0 Å². The van der Waals surface area contributed by atoms with Crippen molar-refractivity contribution in [2.45, 2.75) is 45.6 Å². The van der Waals surface area contributed by atoms with Crippen molar-refractivity contribution in [1.82, 2.24) is 10.2 Å². The first-order valence-corrected chi connectivity index (χ1v) is 10.0. The Balaban J connectivity index is 1.64. The summed E-state index contributed by atoms with van der Waals surface area (Å²) in [5.74, 6) is 3.85. The van der Waals surface area contributed by atoms with Crippen molar-refractivity contribution in [2.75, 3.05) is 33.7 Å². The molecule has 1 heterocycles. The molecular weight excluding hydrogens is 308 g/mol. The van der Waals surface area contributed by atoms with Crippen LogP contribution in [0.4, 0.5) is 0 Å². The fourth-order valence-electron chi connectivity index (χ4n) is 5.27. The second kappa shape index (κ2) is 7.67. The van der Waals surface area contributed by atoms with Crippen LogP contribution in [0.25, 0.3) is 0 Å². The minimum absolute atomic E-state index is 0.00535. The Bertz CT molecular complexity index is 573. The first-order chi connectivity index (χ1) is 11.9. The lowest BCUT2D eigenvalue weighted by atomic mass is 9.59. The topological polar surface area (TPSA) is 24.5 Å². The van der Waals surface area contributed by atoms with Crippen molar-refractivity contribution in [1.29, 1.82) is 0 Å². The van der Waals surface area contributed by atoms with Gasteiger partial charge >= 0.3 is 0 Å². The highest BCUT2D eigenvalue weighted by Crippen LogP contribution is 2.51. The van der Waals surface area contributed by atoms with E-state index in [0.29, 0.717) is 17.8 Å². The zero-order chi connectivity index (χ0) is 18.0. The van der Waals surface area contributed by atoms with E-state index < -0.39 is 0 Å². The summed E-state index contributed by atoms with van der Waals surface area (Å²) in [6, 6.07) is 8.63. The molecule has 0 amide bonds. The molecule has 1 saturated carbocycles. The molecule has 1 aromatic carbocycles. The average molecular weight is 345 g/mol. The predicted octanol–water partition coefficient (Wildman–Crippen LogP) is 3.83. The van der Waals surface area contributed by atoms with Gasteiger partial charge in [-0.1, -0.05) is 32.0 Å². The molecule has 0 radical (unpaired) electrons. The molecular formula is C22H36N2O. The van der Waals surface area contributed by atoms with Gasteiger partial charge < -0.3 is 15.0 Å². The van der Waals surface area contributed by atoms with Gasteiger partial charge in [-0.15, -0.1) is 0 Å². The van der Waals surface area contributed by atoms with E-state index in [1.165, 1.54) is 18.4 Å². The monoisotopic (exact) mass is 344 g/mol. The van der Waals surface area contributed by atoms with Gasteiger partial charge in [-0.3, -0.25) is 0 Å². The summed E-state index contributed by atoms with van der Waals surface area (Å²) in [6.45, 7) is 10.7. The maximum Gasteiger partial charge on any atom is 0.123 e. The van der Waals surface area contributed by atoms with Crippen LogP contribution in [0, 0.1) is 23.7 Å². The number of benzene rings is 1. The van der Waals surface area contributed by atoms with E-state index in [4.69, 9.17) is 4.74 Å². The van der Waals surface area contributed by atoms with Gasteiger partial charge in [0.2, 0.25) is 0 Å².